The molecule has 5 nitrogen and oxygen atoms in total. The first-order chi connectivity index (χ1) is 12.1. The van der Waals surface area contributed by atoms with E-state index < -0.39 is 0 Å². The first kappa shape index (κ1) is 16.5. The van der Waals surface area contributed by atoms with Gasteiger partial charge in [0, 0.05) is 0 Å². The van der Waals surface area contributed by atoms with E-state index in [2.05, 4.69) is 15.0 Å². The molecule has 7 heteroatoms. The standard InChI is InChI=1S/C18H21FN4OS/c1-12-20-18-23(21-12)17(24)16(25-18)15(13-7-6-8-14(19)11-13)22-9-4-2-3-5-10-22/h6-8,11,15,24H,2-5,9-10H2,1H3. The number of rotatable bonds is 3. The van der Waals surface area contributed by atoms with Crippen LogP contribution in [0.5, 0.6) is 5.88 Å². The molecular weight excluding hydrogens is 339 g/mol. The summed E-state index contributed by atoms with van der Waals surface area (Å²) in [6.45, 7) is 3.68. The number of aromatic nitrogens is 3. The highest BCUT2D eigenvalue weighted by molar-refractivity contribution is 7.17. The Balaban J connectivity index is 1.83. The van der Waals surface area contributed by atoms with Gasteiger partial charge in [0.1, 0.15) is 11.6 Å². The topological polar surface area (TPSA) is 53.7 Å². The van der Waals surface area contributed by atoms with Crippen LogP contribution in [0.4, 0.5) is 4.39 Å². The Morgan fingerprint density at radius 2 is 1.96 bits per heavy atom. The van der Waals surface area contributed by atoms with E-state index in [4.69, 9.17) is 0 Å². The summed E-state index contributed by atoms with van der Waals surface area (Å²) in [7, 11) is 0. The average molecular weight is 360 g/mol. The number of halogens is 1. The number of benzene rings is 1. The van der Waals surface area contributed by atoms with Gasteiger partial charge in [0.15, 0.2) is 0 Å². The number of aromatic hydroxyl groups is 1. The summed E-state index contributed by atoms with van der Waals surface area (Å²) in [4.78, 5) is 8.16. The third kappa shape index (κ3) is 3.14. The van der Waals surface area contributed by atoms with Crippen LogP contribution >= 0.6 is 11.3 Å². The van der Waals surface area contributed by atoms with Gasteiger partial charge in [-0.1, -0.05) is 36.3 Å². The molecule has 1 unspecified atom stereocenters. The van der Waals surface area contributed by atoms with Gasteiger partial charge in [-0.3, -0.25) is 4.90 Å². The molecule has 1 aliphatic rings. The molecule has 0 spiro atoms. The van der Waals surface area contributed by atoms with Crippen LogP contribution in [0.25, 0.3) is 4.96 Å². The van der Waals surface area contributed by atoms with Gasteiger partial charge in [0.2, 0.25) is 10.8 Å². The second-order valence-electron chi connectivity index (χ2n) is 6.55. The summed E-state index contributed by atoms with van der Waals surface area (Å²) in [5.74, 6) is 0.483. The van der Waals surface area contributed by atoms with Crippen LogP contribution in [0.1, 0.15) is 48.0 Å². The zero-order valence-electron chi connectivity index (χ0n) is 14.2. The summed E-state index contributed by atoms with van der Waals surface area (Å²) >= 11 is 1.43. The van der Waals surface area contributed by atoms with Crippen molar-refractivity contribution in [2.24, 2.45) is 0 Å². The highest BCUT2D eigenvalue weighted by Gasteiger charge is 2.30. The maximum absolute atomic E-state index is 13.9. The molecule has 2 aromatic heterocycles. The first-order valence-corrected chi connectivity index (χ1v) is 9.49. The molecule has 0 aliphatic carbocycles. The predicted molar refractivity (Wildman–Crippen MR) is 95.5 cm³/mol. The normalized spacial score (nSPS) is 17.7. The highest BCUT2D eigenvalue weighted by Crippen LogP contribution is 2.40. The van der Waals surface area contributed by atoms with Gasteiger partial charge in [0.05, 0.1) is 10.9 Å². The maximum atomic E-state index is 13.9. The molecule has 1 atom stereocenters. The molecular formula is C18H21FN4OS. The van der Waals surface area contributed by atoms with E-state index in [1.165, 1.54) is 34.8 Å². The van der Waals surface area contributed by atoms with Crippen molar-refractivity contribution in [3.05, 3.63) is 46.3 Å². The maximum Gasteiger partial charge on any atom is 0.230 e. The van der Waals surface area contributed by atoms with Gasteiger partial charge in [0.25, 0.3) is 0 Å². The second kappa shape index (κ2) is 6.72. The Kier molecular flexibility index (Phi) is 4.43. The van der Waals surface area contributed by atoms with Crippen molar-refractivity contribution < 1.29 is 9.50 Å². The van der Waals surface area contributed by atoms with Crippen LogP contribution in [-0.4, -0.2) is 37.7 Å². The van der Waals surface area contributed by atoms with Gasteiger partial charge in [-0.25, -0.2) is 9.37 Å². The van der Waals surface area contributed by atoms with E-state index in [-0.39, 0.29) is 17.7 Å². The smallest absolute Gasteiger partial charge is 0.230 e. The predicted octanol–water partition coefficient (Wildman–Crippen LogP) is 3.91. The lowest BCUT2D eigenvalue weighted by Gasteiger charge is -2.30. The molecule has 1 N–H and O–H groups in total. The molecule has 4 rings (SSSR count). The zero-order chi connectivity index (χ0) is 17.4. The van der Waals surface area contributed by atoms with E-state index in [0.717, 1.165) is 36.4 Å². The lowest BCUT2D eigenvalue weighted by molar-refractivity contribution is 0.232. The molecule has 132 valence electrons. The quantitative estimate of drug-likeness (QED) is 0.769. The van der Waals surface area contributed by atoms with Crippen LogP contribution in [0.15, 0.2) is 24.3 Å². The van der Waals surface area contributed by atoms with Crippen molar-refractivity contribution in [3.8, 4) is 5.88 Å². The molecule has 1 aliphatic heterocycles. The number of hydrogen-bond donors (Lipinski definition) is 1. The van der Waals surface area contributed by atoms with E-state index in [0.29, 0.717) is 10.8 Å². The zero-order valence-corrected chi connectivity index (χ0v) is 15.0. The van der Waals surface area contributed by atoms with Crippen molar-refractivity contribution in [2.75, 3.05) is 13.1 Å². The van der Waals surface area contributed by atoms with Gasteiger partial charge >= 0.3 is 0 Å². The largest absolute Gasteiger partial charge is 0.492 e. The van der Waals surface area contributed by atoms with Crippen LogP contribution < -0.4 is 0 Å². The molecule has 0 saturated carbocycles. The fourth-order valence-electron chi connectivity index (χ4n) is 3.58. The van der Waals surface area contributed by atoms with Crippen molar-refractivity contribution in [2.45, 2.75) is 38.6 Å². The molecule has 0 amide bonds. The minimum atomic E-state index is -0.257. The second-order valence-corrected chi connectivity index (χ2v) is 7.56. The third-order valence-corrected chi connectivity index (χ3v) is 5.80. The number of thiazole rings is 1. The molecule has 3 heterocycles. The van der Waals surface area contributed by atoms with Crippen molar-refractivity contribution >= 4 is 16.3 Å². The van der Waals surface area contributed by atoms with Gasteiger partial charge in [-0.05, 0) is 50.6 Å². The van der Waals surface area contributed by atoms with Gasteiger partial charge < -0.3 is 5.11 Å². The Bertz CT molecular complexity index is 882. The summed E-state index contributed by atoms with van der Waals surface area (Å²) in [6, 6.07) is 6.50. The molecule has 0 bridgehead atoms. The SMILES string of the molecule is Cc1nc2sc(C(c3cccc(F)c3)N3CCCCCC3)c(O)n2n1. The highest BCUT2D eigenvalue weighted by atomic mass is 32.1. The average Bonchev–Trinajstić information content (AvgIpc) is 2.95. The summed E-state index contributed by atoms with van der Waals surface area (Å²) in [5.41, 5.74) is 0.860. The molecule has 1 fully saturated rings. The summed E-state index contributed by atoms with van der Waals surface area (Å²) in [6.07, 6.45) is 4.67. The minimum absolute atomic E-state index is 0.110. The van der Waals surface area contributed by atoms with Crippen LogP contribution in [-0.2, 0) is 0 Å². The number of fused-ring (bicyclic) bond motifs is 1. The minimum Gasteiger partial charge on any atom is -0.492 e. The van der Waals surface area contributed by atoms with Crippen LogP contribution in [0, 0.1) is 12.7 Å². The lowest BCUT2D eigenvalue weighted by Crippen LogP contribution is -2.30. The van der Waals surface area contributed by atoms with Crippen LogP contribution in [0.2, 0.25) is 0 Å². The van der Waals surface area contributed by atoms with Gasteiger partial charge in [-0.15, -0.1) is 5.10 Å². The Hall–Kier alpha value is -1.99. The van der Waals surface area contributed by atoms with Crippen molar-refractivity contribution in [1.82, 2.24) is 19.5 Å². The molecule has 1 saturated heterocycles. The molecule has 25 heavy (non-hydrogen) atoms. The van der Waals surface area contributed by atoms with E-state index in [1.54, 1.807) is 19.1 Å². The van der Waals surface area contributed by atoms with E-state index in [1.807, 2.05) is 6.07 Å². The fraction of sp³-hybridized carbons (Fsp3) is 0.444. The van der Waals surface area contributed by atoms with E-state index >= 15 is 0 Å². The van der Waals surface area contributed by atoms with E-state index in [9.17, 15) is 9.50 Å². The molecule has 3 aromatic rings. The summed E-state index contributed by atoms with van der Waals surface area (Å²) < 4.78 is 15.4. The Morgan fingerprint density at radius 1 is 1.20 bits per heavy atom. The monoisotopic (exact) mass is 360 g/mol. The van der Waals surface area contributed by atoms with Crippen molar-refractivity contribution in [3.63, 3.8) is 0 Å². The fourth-order valence-corrected chi connectivity index (χ4v) is 4.75. The lowest BCUT2D eigenvalue weighted by atomic mass is 10.0. The van der Waals surface area contributed by atoms with Crippen LogP contribution in [0.3, 0.4) is 0 Å². The molecule has 1 aromatic carbocycles. The Labute approximate surface area is 149 Å². The first-order valence-electron chi connectivity index (χ1n) is 8.68. The Morgan fingerprint density at radius 3 is 2.64 bits per heavy atom. The van der Waals surface area contributed by atoms with Crippen molar-refractivity contribution in [1.29, 1.82) is 0 Å². The number of aryl methyl sites for hydroxylation is 1. The number of hydrogen-bond acceptors (Lipinski definition) is 5. The molecule has 0 radical (unpaired) electrons. The summed E-state index contributed by atoms with van der Waals surface area (Å²) in [5, 5.41) is 15.0. The van der Waals surface area contributed by atoms with Gasteiger partial charge in [-0.2, -0.15) is 4.52 Å². The number of nitrogens with zero attached hydrogens (tertiary/aromatic N) is 4. The third-order valence-electron chi connectivity index (χ3n) is 4.72. The number of likely N-dealkylation sites (tertiary alicyclic amines) is 1.